The van der Waals surface area contributed by atoms with Crippen molar-refractivity contribution >= 4 is 5.97 Å². The van der Waals surface area contributed by atoms with E-state index >= 15 is 0 Å². The number of esters is 1. The zero-order valence-electron chi connectivity index (χ0n) is 7.10. The average molecular weight is 180 g/mol. The molecule has 6 nitrogen and oxygen atoms in total. The first kappa shape index (κ1) is 9.19. The van der Waals surface area contributed by atoms with E-state index in [1.807, 2.05) is 0 Å². The molecule has 0 saturated heterocycles. The Labute approximate surface area is 74.8 Å². The molecule has 0 unspecified atom stereocenters. The van der Waals surface area contributed by atoms with Crippen molar-refractivity contribution in [3.63, 3.8) is 0 Å². The Balaban J connectivity index is 2.46. The lowest BCUT2D eigenvalue weighted by molar-refractivity contribution is -0.140. The third-order valence-electron chi connectivity index (χ3n) is 1.41. The summed E-state index contributed by atoms with van der Waals surface area (Å²) in [6.45, 7) is 0.376. The quantitative estimate of drug-likeness (QED) is 0.597. The highest BCUT2D eigenvalue weighted by Crippen LogP contribution is 1.92. The highest BCUT2D eigenvalue weighted by Gasteiger charge is 2.02. The largest absolute Gasteiger partial charge is 0.469 e. The van der Waals surface area contributed by atoms with Crippen molar-refractivity contribution in [2.24, 2.45) is 0 Å². The Morgan fingerprint density at radius 2 is 2.62 bits per heavy atom. The molecule has 1 aromatic heterocycles. The monoisotopic (exact) mass is 180 g/mol. The number of aromatic nitrogens is 3. The number of hydrogen-bond donors (Lipinski definition) is 0. The van der Waals surface area contributed by atoms with Crippen molar-refractivity contribution in [1.29, 1.82) is 5.26 Å². The van der Waals surface area contributed by atoms with Crippen molar-refractivity contribution in [3.8, 4) is 6.07 Å². The maximum Gasteiger partial charge on any atom is 0.307 e. The number of methoxy groups -OCH3 is 1. The van der Waals surface area contributed by atoms with E-state index in [4.69, 9.17) is 5.26 Å². The lowest BCUT2D eigenvalue weighted by Crippen LogP contribution is -2.07. The summed E-state index contributed by atoms with van der Waals surface area (Å²) in [7, 11) is 1.32. The fourth-order valence-electron chi connectivity index (χ4n) is 0.761. The van der Waals surface area contributed by atoms with Gasteiger partial charge in [-0.1, -0.05) is 0 Å². The number of nitriles is 1. The van der Waals surface area contributed by atoms with Gasteiger partial charge in [0.15, 0.2) is 0 Å². The summed E-state index contributed by atoms with van der Waals surface area (Å²) < 4.78 is 5.87. The van der Waals surface area contributed by atoms with Gasteiger partial charge in [0.2, 0.25) is 0 Å². The van der Waals surface area contributed by atoms with Crippen LogP contribution in [0.2, 0.25) is 0 Å². The molecule has 68 valence electrons. The zero-order chi connectivity index (χ0) is 9.68. The topological polar surface area (TPSA) is 80.8 Å². The van der Waals surface area contributed by atoms with Crippen molar-refractivity contribution < 1.29 is 9.53 Å². The van der Waals surface area contributed by atoms with E-state index in [1.165, 1.54) is 18.1 Å². The minimum Gasteiger partial charge on any atom is -0.469 e. The molecule has 1 rings (SSSR count). The van der Waals surface area contributed by atoms with E-state index in [-0.39, 0.29) is 18.2 Å². The second kappa shape index (κ2) is 4.21. The Morgan fingerprint density at radius 3 is 3.15 bits per heavy atom. The van der Waals surface area contributed by atoms with E-state index in [9.17, 15) is 4.79 Å². The summed E-state index contributed by atoms with van der Waals surface area (Å²) in [4.78, 5) is 14.4. The molecule has 0 fully saturated rings. The molecule has 1 heterocycles. The van der Waals surface area contributed by atoms with Crippen molar-refractivity contribution in [2.75, 3.05) is 7.11 Å². The number of aryl methyl sites for hydroxylation is 1. The predicted octanol–water partition coefficient (Wildman–Crippen LogP) is -0.287. The van der Waals surface area contributed by atoms with Crippen molar-refractivity contribution in [1.82, 2.24) is 14.8 Å². The van der Waals surface area contributed by atoms with Crippen LogP contribution in [0.25, 0.3) is 0 Å². The van der Waals surface area contributed by atoms with Gasteiger partial charge < -0.3 is 4.74 Å². The summed E-state index contributed by atoms with van der Waals surface area (Å²) in [5.41, 5.74) is 0. The summed E-state index contributed by atoms with van der Waals surface area (Å²) >= 11 is 0. The lowest BCUT2D eigenvalue weighted by Gasteiger charge is -1.97. The van der Waals surface area contributed by atoms with E-state index in [0.717, 1.165) is 0 Å². The van der Waals surface area contributed by atoms with Crippen LogP contribution in [0.4, 0.5) is 0 Å². The molecule has 0 spiro atoms. The third-order valence-corrected chi connectivity index (χ3v) is 1.41. The minimum atomic E-state index is -0.311. The molecule has 13 heavy (non-hydrogen) atoms. The Kier molecular flexibility index (Phi) is 2.97. The smallest absolute Gasteiger partial charge is 0.307 e. The molecular formula is C7H8N4O2. The molecule has 6 heteroatoms. The van der Waals surface area contributed by atoms with E-state index in [0.29, 0.717) is 6.54 Å². The van der Waals surface area contributed by atoms with Crippen LogP contribution in [-0.2, 0) is 16.1 Å². The molecule has 0 amide bonds. The first-order valence-electron chi connectivity index (χ1n) is 3.62. The summed E-state index contributed by atoms with van der Waals surface area (Å²) in [5.74, 6) is -0.209. The number of nitrogens with zero attached hydrogens (tertiary/aromatic N) is 4. The van der Waals surface area contributed by atoms with Crippen LogP contribution in [0, 0.1) is 11.3 Å². The number of ether oxygens (including phenoxy) is 1. The number of carbonyl (C=O) groups excluding carboxylic acids is 1. The molecule has 0 aliphatic carbocycles. The van der Waals surface area contributed by atoms with Gasteiger partial charge >= 0.3 is 5.97 Å². The Bertz CT molecular complexity index is 339. The Hall–Kier alpha value is -1.90. The molecule has 0 aliphatic rings. The Morgan fingerprint density at radius 1 is 1.85 bits per heavy atom. The van der Waals surface area contributed by atoms with Gasteiger partial charge in [0.1, 0.15) is 12.4 Å². The maximum absolute atomic E-state index is 10.7. The van der Waals surface area contributed by atoms with Crippen LogP contribution in [0.3, 0.4) is 0 Å². The van der Waals surface area contributed by atoms with Gasteiger partial charge in [0, 0.05) is 0 Å². The maximum atomic E-state index is 10.7. The van der Waals surface area contributed by atoms with Gasteiger partial charge in [-0.3, -0.25) is 9.48 Å². The number of carbonyl (C=O) groups is 1. The van der Waals surface area contributed by atoms with Crippen LogP contribution >= 0.6 is 0 Å². The molecule has 0 radical (unpaired) electrons. The molecule has 0 aromatic carbocycles. The molecule has 0 saturated carbocycles. The molecular weight excluding hydrogens is 172 g/mol. The standard InChI is InChI=1S/C7H8N4O2/c1-13-7(12)2-3-11-5-9-6(4-8)10-11/h5H,2-3H2,1H3. The fraction of sp³-hybridized carbons (Fsp3) is 0.429. The van der Waals surface area contributed by atoms with Crippen molar-refractivity contribution in [3.05, 3.63) is 12.2 Å². The van der Waals surface area contributed by atoms with Gasteiger partial charge in [0.25, 0.3) is 5.82 Å². The van der Waals surface area contributed by atoms with Crippen LogP contribution in [0.15, 0.2) is 6.33 Å². The zero-order valence-corrected chi connectivity index (χ0v) is 7.10. The van der Waals surface area contributed by atoms with Crippen LogP contribution in [0.5, 0.6) is 0 Å². The molecule has 0 bridgehead atoms. The van der Waals surface area contributed by atoms with E-state index < -0.39 is 0 Å². The van der Waals surface area contributed by atoms with Gasteiger partial charge in [-0.15, -0.1) is 5.10 Å². The predicted molar refractivity (Wildman–Crippen MR) is 41.4 cm³/mol. The average Bonchev–Trinajstić information content (AvgIpc) is 2.61. The first-order chi connectivity index (χ1) is 6.26. The van der Waals surface area contributed by atoms with Gasteiger partial charge in [-0.25, -0.2) is 4.98 Å². The van der Waals surface area contributed by atoms with Crippen LogP contribution < -0.4 is 0 Å². The molecule has 0 N–H and O–H groups in total. The molecule has 0 atom stereocenters. The minimum absolute atomic E-state index is 0.102. The number of hydrogen-bond acceptors (Lipinski definition) is 5. The second-order valence-electron chi connectivity index (χ2n) is 2.27. The van der Waals surface area contributed by atoms with E-state index in [2.05, 4.69) is 14.8 Å². The lowest BCUT2D eigenvalue weighted by atomic mass is 10.4. The highest BCUT2D eigenvalue weighted by molar-refractivity contribution is 5.68. The number of rotatable bonds is 3. The summed E-state index contributed by atoms with van der Waals surface area (Å²) in [5, 5.41) is 12.2. The summed E-state index contributed by atoms with van der Waals surface area (Å²) in [6.07, 6.45) is 1.63. The fourth-order valence-corrected chi connectivity index (χ4v) is 0.761. The van der Waals surface area contributed by atoms with Gasteiger partial charge in [-0.05, 0) is 0 Å². The third kappa shape index (κ3) is 2.56. The second-order valence-corrected chi connectivity index (χ2v) is 2.27. The molecule has 1 aromatic rings. The van der Waals surface area contributed by atoms with E-state index in [1.54, 1.807) is 6.07 Å². The van der Waals surface area contributed by atoms with Gasteiger partial charge in [0.05, 0.1) is 20.1 Å². The summed E-state index contributed by atoms with van der Waals surface area (Å²) in [6, 6.07) is 1.79. The van der Waals surface area contributed by atoms with Gasteiger partial charge in [-0.2, -0.15) is 5.26 Å². The normalized spacial score (nSPS) is 9.23. The SMILES string of the molecule is COC(=O)CCn1cnc(C#N)n1. The first-order valence-corrected chi connectivity index (χ1v) is 3.62. The molecule has 0 aliphatic heterocycles. The van der Waals surface area contributed by atoms with Crippen LogP contribution in [-0.4, -0.2) is 27.8 Å². The highest BCUT2D eigenvalue weighted by atomic mass is 16.5. The van der Waals surface area contributed by atoms with Crippen LogP contribution in [0.1, 0.15) is 12.2 Å². The van der Waals surface area contributed by atoms with Crippen molar-refractivity contribution in [2.45, 2.75) is 13.0 Å².